The van der Waals surface area contributed by atoms with Crippen molar-refractivity contribution in [2.75, 3.05) is 11.0 Å². The number of halogens is 2. The normalized spacial score (nSPS) is 12.3. The Labute approximate surface area is 180 Å². The molecule has 0 saturated carbocycles. The van der Waals surface area contributed by atoms with Gasteiger partial charge in [0.25, 0.3) is 0 Å². The van der Waals surface area contributed by atoms with Crippen molar-refractivity contribution < 1.29 is 17.2 Å². The van der Waals surface area contributed by atoms with Crippen LogP contribution in [0.2, 0.25) is 0 Å². The molecule has 9 heteroatoms. The summed E-state index contributed by atoms with van der Waals surface area (Å²) in [5.41, 5.74) is 1.06. The third-order valence-electron chi connectivity index (χ3n) is 4.94. The number of nitrogens with one attached hydrogen (secondary N) is 1. The Bertz CT molecular complexity index is 1210. The Morgan fingerprint density at radius 2 is 1.61 bits per heavy atom. The first-order chi connectivity index (χ1) is 14.4. The van der Waals surface area contributed by atoms with Crippen LogP contribution < -0.4 is 4.72 Å². The van der Waals surface area contributed by atoms with Crippen molar-refractivity contribution in [3.63, 3.8) is 0 Å². The lowest BCUT2D eigenvalue weighted by atomic mass is 9.80. The van der Waals surface area contributed by atoms with Crippen LogP contribution in [0.1, 0.15) is 50.6 Å². The summed E-state index contributed by atoms with van der Waals surface area (Å²) >= 11 is 0. The summed E-state index contributed by atoms with van der Waals surface area (Å²) < 4.78 is 54.1. The zero-order chi connectivity index (χ0) is 23.0. The lowest BCUT2D eigenvalue weighted by Crippen LogP contribution is -2.26. The van der Waals surface area contributed by atoms with Gasteiger partial charge in [0.2, 0.25) is 10.0 Å². The predicted molar refractivity (Wildman–Crippen MR) is 116 cm³/mol. The molecule has 3 rings (SSSR count). The highest BCUT2D eigenvalue weighted by Crippen LogP contribution is 2.36. The number of rotatable bonds is 6. The molecule has 164 valence electrons. The van der Waals surface area contributed by atoms with E-state index < -0.39 is 27.1 Å². The maximum atomic E-state index is 14.3. The standard InChI is InChI=1S/C22H24F2N4O2S/c1-13(2)14-12-17(20-15(23)8-6-9-16(20)24)26-27-21(14)22(3,4)18-10-7-11-19(25-18)28-31(5,29)30/h6-13H,1-5H3,(H,25,28). The Kier molecular flexibility index (Phi) is 6.09. The van der Waals surface area contributed by atoms with Gasteiger partial charge in [-0.25, -0.2) is 22.2 Å². The number of anilines is 1. The average Bonchev–Trinajstić information content (AvgIpc) is 2.66. The molecule has 0 radical (unpaired) electrons. The largest absolute Gasteiger partial charge is 0.268 e. The van der Waals surface area contributed by atoms with Gasteiger partial charge < -0.3 is 0 Å². The van der Waals surface area contributed by atoms with Crippen molar-refractivity contribution >= 4 is 15.8 Å². The fourth-order valence-corrected chi connectivity index (χ4v) is 3.84. The molecule has 0 bridgehead atoms. The minimum Gasteiger partial charge on any atom is -0.268 e. The van der Waals surface area contributed by atoms with Crippen molar-refractivity contribution in [3.8, 4) is 11.3 Å². The fourth-order valence-electron chi connectivity index (χ4n) is 3.35. The number of pyridine rings is 1. The second-order valence-electron chi connectivity index (χ2n) is 8.19. The molecule has 0 fully saturated rings. The molecule has 0 amide bonds. The third-order valence-corrected chi connectivity index (χ3v) is 5.52. The molecule has 0 saturated heterocycles. The van der Waals surface area contributed by atoms with Gasteiger partial charge in [-0.15, -0.1) is 5.10 Å². The zero-order valence-corrected chi connectivity index (χ0v) is 18.8. The number of benzene rings is 1. The molecule has 6 nitrogen and oxygen atoms in total. The average molecular weight is 447 g/mol. The van der Waals surface area contributed by atoms with Crippen molar-refractivity contribution in [1.82, 2.24) is 15.2 Å². The molecule has 0 aliphatic rings. The summed E-state index contributed by atoms with van der Waals surface area (Å²) in [5, 5.41) is 8.47. The second kappa shape index (κ2) is 8.30. The first-order valence-corrected chi connectivity index (χ1v) is 11.6. The molecular formula is C22H24F2N4O2S. The molecule has 0 atom stereocenters. The fraction of sp³-hybridized carbons (Fsp3) is 0.318. The van der Waals surface area contributed by atoms with Crippen LogP contribution in [0.5, 0.6) is 0 Å². The minimum atomic E-state index is -3.48. The van der Waals surface area contributed by atoms with Crippen molar-refractivity contribution in [2.45, 2.75) is 39.0 Å². The molecule has 1 N–H and O–H groups in total. The maximum absolute atomic E-state index is 14.3. The summed E-state index contributed by atoms with van der Waals surface area (Å²) in [6.45, 7) is 7.68. The van der Waals surface area contributed by atoms with Crippen LogP contribution in [0, 0.1) is 11.6 Å². The lowest BCUT2D eigenvalue weighted by Gasteiger charge is -2.27. The van der Waals surface area contributed by atoms with Crippen LogP contribution in [0.25, 0.3) is 11.3 Å². The van der Waals surface area contributed by atoms with E-state index in [1.807, 2.05) is 27.7 Å². The van der Waals surface area contributed by atoms with Gasteiger partial charge in [0.05, 0.1) is 34.3 Å². The van der Waals surface area contributed by atoms with Crippen LogP contribution in [0.4, 0.5) is 14.6 Å². The minimum absolute atomic E-state index is 0.0179. The Morgan fingerprint density at radius 3 is 2.19 bits per heavy atom. The molecule has 0 spiro atoms. The smallest absolute Gasteiger partial charge is 0.230 e. The van der Waals surface area contributed by atoms with E-state index in [-0.39, 0.29) is 23.0 Å². The van der Waals surface area contributed by atoms with Crippen LogP contribution in [-0.4, -0.2) is 29.9 Å². The van der Waals surface area contributed by atoms with Crippen LogP contribution in [0.3, 0.4) is 0 Å². The van der Waals surface area contributed by atoms with Crippen molar-refractivity contribution in [1.29, 1.82) is 0 Å². The molecule has 0 unspecified atom stereocenters. The van der Waals surface area contributed by atoms with E-state index in [9.17, 15) is 17.2 Å². The zero-order valence-electron chi connectivity index (χ0n) is 17.9. The SMILES string of the molecule is CC(C)c1cc(-c2c(F)cccc2F)nnc1C(C)(C)c1cccc(NS(C)(=O)=O)n1. The highest BCUT2D eigenvalue weighted by atomic mass is 32.2. The van der Waals surface area contributed by atoms with Gasteiger partial charge in [0.15, 0.2) is 0 Å². The molecule has 0 aliphatic heterocycles. The molecule has 31 heavy (non-hydrogen) atoms. The van der Waals surface area contributed by atoms with E-state index in [0.29, 0.717) is 11.4 Å². The van der Waals surface area contributed by atoms with Gasteiger partial charge in [-0.1, -0.05) is 26.0 Å². The van der Waals surface area contributed by atoms with Gasteiger partial charge in [0, 0.05) is 0 Å². The number of nitrogens with zero attached hydrogens (tertiary/aromatic N) is 3. The monoisotopic (exact) mass is 446 g/mol. The van der Waals surface area contributed by atoms with E-state index in [4.69, 9.17) is 0 Å². The van der Waals surface area contributed by atoms with Crippen molar-refractivity contribution in [3.05, 3.63) is 71.1 Å². The summed E-state index contributed by atoms with van der Waals surface area (Å²) in [6.07, 6.45) is 1.05. The van der Waals surface area contributed by atoms with Gasteiger partial charge in [-0.2, -0.15) is 5.10 Å². The van der Waals surface area contributed by atoms with E-state index in [1.54, 1.807) is 24.3 Å². The van der Waals surface area contributed by atoms with Gasteiger partial charge in [-0.05, 0) is 55.7 Å². The number of hydrogen-bond donors (Lipinski definition) is 1. The van der Waals surface area contributed by atoms with Crippen molar-refractivity contribution in [2.24, 2.45) is 0 Å². The Morgan fingerprint density at radius 1 is 1.00 bits per heavy atom. The third kappa shape index (κ3) is 4.87. The predicted octanol–water partition coefficient (Wildman–Crippen LogP) is 4.64. The van der Waals surface area contributed by atoms with Crippen LogP contribution >= 0.6 is 0 Å². The molecule has 0 aliphatic carbocycles. The maximum Gasteiger partial charge on any atom is 0.230 e. The summed E-state index contributed by atoms with van der Waals surface area (Å²) in [4.78, 5) is 4.44. The Balaban J connectivity index is 2.13. The topological polar surface area (TPSA) is 84.8 Å². The first-order valence-electron chi connectivity index (χ1n) is 9.68. The summed E-state index contributed by atoms with van der Waals surface area (Å²) in [6, 6.07) is 10.3. The lowest BCUT2D eigenvalue weighted by molar-refractivity contribution is 0.566. The molecule has 3 aromatic rings. The van der Waals surface area contributed by atoms with E-state index in [2.05, 4.69) is 19.9 Å². The summed E-state index contributed by atoms with van der Waals surface area (Å²) in [7, 11) is -3.48. The first kappa shape index (κ1) is 22.7. The summed E-state index contributed by atoms with van der Waals surface area (Å²) in [5.74, 6) is -1.25. The second-order valence-corrected chi connectivity index (χ2v) is 9.94. The Hall–Kier alpha value is -2.94. The van der Waals surface area contributed by atoms with Crippen LogP contribution in [0.15, 0.2) is 42.5 Å². The number of aromatic nitrogens is 3. The van der Waals surface area contributed by atoms with Gasteiger partial charge >= 0.3 is 0 Å². The number of sulfonamides is 1. The van der Waals surface area contributed by atoms with Crippen LogP contribution in [-0.2, 0) is 15.4 Å². The molecule has 1 aromatic carbocycles. The highest BCUT2D eigenvalue weighted by Gasteiger charge is 2.31. The quantitative estimate of drug-likeness (QED) is 0.596. The van der Waals surface area contributed by atoms with Gasteiger partial charge in [-0.3, -0.25) is 4.72 Å². The van der Waals surface area contributed by atoms with Gasteiger partial charge in [0.1, 0.15) is 17.5 Å². The number of hydrogen-bond acceptors (Lipinski definition) is 5. The van der Waals surface area contributed by atoms with E-state index in [0.717, 1.165) is 11.8 Å². The molecule has 2 heterocycles. The van der Waals surface area contributed by atoms with E-state index >= 15 is 0 Å². The molecule has 2 aromatic heterocycles. The van der Waals surface area contributed by atoms with E-state index in [1.165, 1.54) is 18.2 Å². The highest BCUT2D eigenvalue weighted by molar-refractivity contribution is 7.92. The molecular weight excluding hydrogens is 422 g/mol.